The average Bonchev–Trinajstić information content (AvgIpc) is 2.03. The zero-order valence-corrected chi connectivity index (χ0v) is 7.76. The highest BCUT2D eigenvalue weighted by Crippen LogP contribution is 2.19. The lowest BCUT2D eigenvalue weighted by molar-refractivity contribution is 0.568. The quantitative estimate of drug-likeness (QED) is 0.632. The molecule has 64 valence electrons. The molecule has 0 saturated heterocycles. The Labute approximate surface area is 73.2 Å². The molecule has 0 amide bonds. The van der Waals surface area contributed by atoms with Crippen LogP contribution in [0.5, 0.6) is 0 Å². The fraction of sp³-hybridized carbons (Fsp3) is 0.400. The van der Waals surface area contributed by atoms with Crippen LogP contribution < -0.4 is 0 Å². The third-order valence-corrected chi connectivity index (χ3v) is 1.69. The van der Waals surface area contributed by atoms with E-state index >= 15 is 0 Å². The topological polar surface area (TPSA) is 36.7 Å². The molecule has 0 bridgehead atoms. The van der Waals surface area contributed by atoms with Crippen LogP contribution in [0.1, 0.15) is 32.2 Å². The molecular formula is C10H14N2. The minimum Gasteiger partial charge on any atom is -0.307 e. The van der Waals surface area contributed by atoms with Crippen LogP contribution >= 0.6 is 0 Å². The Kier molecular flexibility index (Phi) is 2.27. The van der Waals surface area contributed by atoms with E-state index < -0.39 is 0 Å². The van der Waals surface area contributed by atoms with Crippen molar-refractivity contribution < 1.29 is 0 Å². The fourth-order valence-electron chi connectivity index (χ4n) is 0.950. The maximum absolute atomic E-state index is 7.06. The molecule has 0 aromatic carbocycles. The number of nitrogens with one attached hydrogen (secondary N) is 1. The lowest BCUT2D eigenvalue weighted by Crippen LogP contribution is -2.13. The Hall–Kier alpha value is -1.18. The monoisotopic (exact) mass is 162 g/mol. The van der Waals surface area contributed by atoms with Crippen LogP contribution in [-0.2, 0) is 5.41 Å². The molecule has 2 nitrogen and oxygen atoms in total. The van der Waals surface area contributed by atoms with Crippen molar-refractivity contribution in [3.05, 3.63) is 29.6 Å². The second kappa shape index (κ2) is 3.05. The molecule has 0 spiro atoms. The zero-order valence-electron chi connectivity index (χ0n) is 7.76. The van der Waals surface area contributed by atoms with Crippen LogP contribution in [0.3, 0.4) is 0 Å². The Balaban J connectivity index is 3.10. The lowest BCUT2D eigenvalue weighted by atomic mass is 9.91. The molecule has 0 aliphatic heterocycles. The third-order valence-electron chi connectivity index (χ3n) is 1.69. The van der Waals surface area contributed by atoms with E-state index in [4.69, 9.17) is 5.41 Å². The Morgan fingerprint density at radius 3 is 2.50 bits per heavy atom. The summed E-state index contributed by atoms with van der Waals surface area (Å²) in [5.41, 5.74) is 1.82. The molecule has 1 aromatic rings. The van der Waals surface area contributed by atoms with Gasteiger partial charge in [-0.3, -0.25) is 4.98 Å². The first-order chi connectivity index (χ1) is 5.54. The summed E-state index contributed by atoms with van der Waals surface area (Å²) in [6.45, 7) is 6.34. The molecule has 2 heteroatoms. The highest BCUT2D eigenvalue weighted by molar-refractivity contribution is 5.73. The van der Waals surface area contributed by atoms with Crippen LogP contribution in [0.15, 0.2) is 18.2 Å². The second-order valence-corrected chi connectivity index (χ2v) is 3.84. The molecule has 1 aromatic heterocycles. The minimum atomic E-state index is 0.0685. The SMILES string of the molecule is CC(C)(C)c1cccc(C=N)n1. The van der Waals surface area contributed by atoms with Gasteiger partial charge in [0.05, 0.1) is 5.69 Å². The lowest BCUT2D eigenvalue weighted by Gasteiger charge is -2.17. The van der Waals surface area contributed by atoms with Gasteiger partial charge in [-0.25, -0.2) is 0 Å². The van der Waals surface area contributed by atoms with E-state index in [-0.39, 0.29) is 5.41 Å². The Morgan fingerprint density at radius 1 is 1.33 bits per heavy atom. The van der Waals surface area contributed by atoms with Crippen molar-refractivity contribution in [1.29, 1.82) is 5.41 Å². The number of hydrogen-bond acceptors (Lipinski definition) is 2. The van der Waals surface area contributed by atoms with Crippen LogP contribution in [0.4, 0.5) is 0 Å². The van der Waals surface area contributed by atoms with Gasteiger partial charge in [0.15, 0.2) is 0 Å². The van der Waals surface area contributed by atoms with Gasteiger partial charge in [0, 0.05) is 17.3 Å². The molecule has 0 atom stereocenters. The van der Waals surface area contributed by atoms with Crippen molar-refractivity contribution in [2.75, 3.05) is 0 Å². The van der Waals surface area contributed by atoms with Crippen molar-refractivity contribution in [2.45, 2.75) is 26.2 Å². The molecule has 0 unspecified atom stereocenters. The first-order valence-electron chi connectivity index (χ1n) is 4.02. The smallest absolute Gasteiger partial charge is 0.0808 e. The van der Waals surface area contributed by atoms with E-state index in [2.05, 4.69) is 25.8 Å². The molecule has 0 fully saturated rings. The third kappa shape index (κ3) is 1.91. The Morgan fingerprint density at radius 2 is 2.00 bits per heavy atom. The number of nitrogens with zero attached hydrogens (tertiary/aromatic N) is 1. The molecule has 12 heavy (non-hydrogen) atoms. The van der Waals surface area contributed by atoms with Crippen LogP contribution in [0.25, 0.3) is 0 Å². The summed E-state index contributed by atoms with van der Waals surface area (Å²) in [5.74, 6) is 0. The summed E-state index contributed by atoms with van der Waals surface area (Å²) in [5, 5.41) is 7.06. The normalized spacial score (nSPS) is 11.2. The highest BCUT2D eigenvalue weighted by atomic mass is 14.7. The summed E-state index contributed by atoms with van der Waals surface area (Å²) < 4.78 is 0. The predicted molar refractivity (Wildman–Crippen MR) is 50.8 cm³/mol. The Bertz CT molecular complexity index is 284. The van der Waals surface area contributed by atoms with Crippen molar-refractivity contribution >= 4 is 6.21 Å². The maximum Gasteiger partial charge on any atom is 0.0808 e. The molecule has 0 saturated carbocycles. The van der Waals surface area contributed by atoms with Gasteiger partial charge in [0.2, 0.25) is 0 Å². The summed E-state index contributed by atoms with van der Waals surface area (Å²) >= 11 is 0. The number of aromatic nitrogens is 1. The summed E-state index contributed by atoms with van der Waals surface area (Å²) in [4.78, 5) is 4.32. The fourth-order valence-corrected chi connectivity index (χ4v) is 0.950. The molecule has 0 radical (unpaired) electrons. The highest BCUT2D eigenvalue weighted by Gasteiger charge is 2.14. The molecule has 1 rings (SSSR count). The van der Waals surface area contributed by atoms with Gasteiger partial charge in [0.25, 0.3) is 0 Å². The summed E-state index contributed by atoms with van der Waals surface area (Å²) in [7, 11) is 0. The van der Waals surface area contributed by atoms with Gasteiger partial charge >= 0.3 is 0 Å². The van der Waals surface area contributed by atoms with E-state index in [9.17, 15) is 0 Å². The maximum atomic E-state index is 7.06. The van der Waals surface area contributed by atoms with Crippen LogP contribution in [0, 0.1) is 5.41 Å². The zero-order chi connectivity index (χ0) is 9.19. The van der Waals surface area contributed by atoms with E-state index in [1.165, 1.54) is 6.21 Å². The molecule has 1 N–H and O–H groups in total. The first kappa shape index (κ1) is 8.91. The van der Waals surface area contributed by atoms with E-state index in [1.807, 2.05) is 18.2 Å². The minimum absolute atomic E-state index is 0.0685. The largest absolute Gasteiger partial charge is 0.307 e. The van der Waals surface area contributed by atoms with E-state index in [0.29, 0.717) is 0 Å². The van der Waals surface area contributed by atoms with Gasteiger partial charge in [0.1, 0.15) is 0 Å². The molecule has 0 aliphatic rings. The van der Waals surface area contributed by atoms with Crippen LogP contribution in [0.2, 0.25) is 0 Å². The van der Waals surface area contributed by atoms with Gasteiger partial charge in [-0.1, -0.05) is 26.8 Å². The van der Waals surface area contributed by atoms with Crippen molar-refractivity contribution in [2.24, 2.45) is 0 Å². The van der Waals surface area contributed by atoms with Crippen LogP contribution in [-0.4, -0.2) is 11.2 Å². The predicted octanol–water partition coefficient (Wildman–Crippen LogP) is 2.38. The molecule has 1 heterocycles. The van der Waals surface area contributed by atoms with Gasteiger partial charge in [-0.2, -0.15) is 0 Å². The standard InChI is InChI=1S/C10H14N2/c1-10(2,3)9-6-4-5-8(7-11)12-9/h4-7,11H,1-3H3. The van der Waals surface area contributed by atoms with E-state index in [0.717, 1.165) is 11.4 Å². The van der Waals surface area contributed by atoms with Gasteiger partial charge in [-0.05, 0) is 12.1 Å². The number of pyridine rings is 1. The van der Waals surface area contributed by atoms with E-state index in [1.54, 1.807) is 0 Å². The van der Waals surface area contributed by atoms with Crippen molar-refractivity contribution in [1.82, 2.24) is 4.98 Å². The van der Waals surface area contributed by atoms with Gasteiger partial charge < -0.3 is 5.41 Å². The van der Waals surface area contributed by atoms with Crippen molar-refractivity contribution in [3.8, 4) is 0 Å². The average molecular weight is 162 g/mol. The number of hydrogen-bond donors (Lipinski definition) is 1. The number of rotatable bonds is 1. The van der Waals surface area contributed by atoms with Gasteiger partial charge in [-0.15, -0.1) is 0 Å². The molecule has 0 aliphatic carbocycles. The second-order valence-electron chi connectivity index (χ2n) is 3.84. The summed E-state index contributed by atoms with van der Waals surface area (Å²) in [6, 6.07) is 5.77. The summed E-state index contributed by atoms with van der Waals surface area (Å²) in [6.07, 6.45) is 1.27. The molecular weight excluding hydrogens is 148 g/mol. The first-order valence-corrected chi connectivity index (χ1v) is 4.02. The van der Waals surface area contributed by atoms with Crippen molar-refractivity contribution in [3.63, 3.8) is 0 Å².